The monoisotopic (exact) mass is 451 g/mol. The second kappa shape index (κ2) is 10.4. The van der Waals surface area contributed by atoms with Crippen molar-refractivity contribution in [2.75, 3.05) is 14.2 Å². The van der Waals surface area contributed by atoms with E-state index < -0.39 is 0 Å². The van der Waals surface area contributed by atoms with E-state index in [-0.39, 0.29) is 5.91 Å². The Labute approximate surface area is 199 Å². The number of amides is 1. The summed E-state index contributed by atoms with van der Waals surface area (Å²) in [6.45, 7) is 5.15. The summed E-state index contributed by atoms with van der Waals surface area (Å²) in [5, 5.41) is 0. The first-order valence-corrected chi connectivity index (χ1v) is 10.7. The van der Waals surface area contributed by atoms with E-state index in [1.54, 1.807) is 37.6 Å². The Kier molecular flexibility index (Phi) is 6.95. The highest BCUT2D eigenvalue weighted by atomic mass is 16.5. The lowest BCUT2D eigenvalue weighted by molar-refractivity contribution is -0.126. The van der Waals surface area contributed by atoms with Crippen molar-refractivity contribution in [1.82, 2.24) is 14.8 Å². The molecule has 3 aromatic rings. The van der Waals surface area contributed by atoms with Gasteiger partial charge in [0.2, 0.25) is 0 Å². The van der Waals surface area contributed by atoms with Gasteiger partial charge < -0.3 is 14.4 Å². The van der Waals surface area contributed by atoms with E-state index in [1.807, 2.05) is 65.6 Å². The van der Waals surface area contributed by atoms with Gasteiger partial charge in [-0.3, -0.25) is 14.7 Å². The minimum Gasteiger partial charge on any atom is -0.497 e. The molecule has 0 atom stereocenters. The first-order valence-electron chi connectivity index (χ1n) is 10.7. The van der Waals surface area contributed by atoms with Crippen LogP contribution in [0, 0.1) is 11.8 Å². The number of carbonyl (C=O) groups is 1. The fourth-order valence-corrected chi connectivity index (χ4v) is 3.53. The number of aromatic nitrogens is 1. The van der Waals surface area contributed by atoms with Crippen LogP contribution in [0.3, 0.4) is 0 Å². The molecule has 0 radical (unpaired) electrons. The number of methoxy groups -OCH3 is 2. The number of allylic oxidation sites excluding steroid dienone is 1. The number of carbonyl (C=O) groups excluding carboxylic acids is 1. The zero-order chi connectivity index (χ0) is 23.9. The summed E-state index contributed by atoms with van der Waals surface area (Å²) in [5.41, 5.74) is 3.42. The van der Waals surface area contributed by atoms with Gasteiger partial charge in [-0.05, 0) is 53.4 Å². The summed E-state index contributed by atoms with van der Waals surface area (Å²) in [6, 6.07) is 19.1. The molecule has 0 N–H and O–H groups in total. The predicted octanol–water partition coefficient (Wildman–Crippen LogP) is 4.35. The van der Waals surface area contributed by atoms with Crippen LogP contribution >= 0.6 is 0 Å². The van der Waals surface area contributed by atoms with Crippen LogP contribution in [0.15, 0.2) is 97.2 Å². The minimum absolute atomic E-state index is 0.161. The SMILES string of the molecule is C=C1N(Cc2ccc(OC)cc2)C(=O)C=C(C#Cc2ccncc2)N1Cc1ccc(OC)cc1. The van der Waals surface area contributed by atoms with Gasteiger partial charge in [-0.25, -0.2) is 0 Å². The van der Waals surface area contributed by atoms with Crippen molar-refractivity contribution in [2.45, 2.75) is 13.1 Å². The summed E-state index contributed by atoms with van der Waals surface area (Å²) >= 11 is 0. The molecule has 6 nitrogen and oxygen atoms in total. The molecule has 2 aromatic carbocycles. The van der Waals surface area contributed by atoms with Gasteiger partial charge in [-0.15, -0.1) is 0 Å². The second-order valence-corrected chi connectivity index (χ2v) is 7.64. The number of pyridine rings is 1. The molecule has 1 aliphatic rings. The fourth-order valence-electron chi connectivity index (χ4n) is 3.53. The normalized spacial score (nSPS) is 13.2. The van der Waals surface area contributed by atoms with Crippen LogP contribution in [0.4, 0.5) is 0 Å². The van der Waals surface area contributed by atoms with E-state index in [0.29, 0.717) is 24.6 Å². The Morgan fingerprint density at radius 3 is 1.85 bits per heavy atom. The molecular formula is C28H25N3O3. The van der Waals surface area contributed by atoms with Gasteiger partial charge >= 0.3 is 0 Å². The minimum atomic E-state index is -0.161. The molecular weight excluding hydrogens is 426 g/mol. The first kappa shape index (κ1) is 22.7. The largest absolute Gasteiger partial charge is 0.497 e. The Bertz CT molecular complexity index is 1250. The Morgan fingerprint density at radius 1 is 0.794 bits per heavy atom. The zero-order valence-corrected chi connectivity index (χ0v) is 19.2. The molecule has 1 aromatic heterocycles. The van der Waals surface area contributed by atoms with Crippen molar-refractivity contribution >= 4 is 5.91 Å². The molecule has 170 valence electrons. The molecule has 1 aliphatic heterocycles. The molecule has 0 bridgehead atoms. The van der Waals surface area contributed by atoms with Gasteiger partial charge in [0, 0.05) is 24.0 Å². The molecule has 2 heterocycles. The number of hydrogen-bond acceptors (Lipinski definition) is 5. The van der Waals surface area contributed by atoms with Crippen LogP contribution in [0.2, 0.25) is 0 Å². The second-order valence-electron chi connectivity index (χ2n) is 7.64. The first-order chi connectivity index (χ1) is 16.6. The number of nitrogens with zero attached hydrogens (tertiary/aromatic N) is 3. The highest BCUT2D eigenvalue weighted by Gasteiger charge is 2.28. The number of hydrogen-bond donors (Lipinski definition) is 0. The van der Waals surface area contributed by atoms with Gasteiger partial charge in [0.05, 0.1) is 33.0 Å². The van der Waals surface area contributed by atoms with Crippen molar-refractivity contribution in [3.8, 4) is 23.3 Å². The maximum atomic E-state index is 13.1. The lowest BCUT2D eigenvalue weighted by Crippen LogP contribution is -2.41. The topological polar surface area (TPSA) is 54.9 Å². The van der Waals surface area contributed by atoms with E-state index in [0.717, 1.165) is 28.2 Å². The highest BCUT2D eigenvalue weighted by Crippen LogP contribution is 2.27. The Morgan fingerprint density at radius 2 is 1.32 bits per heavy atom. The third-order valence-corrected chi connectivity index (χ3v) is 5.45. The molecule has 4 rings (SSSR count). The standard InChI is InChI=1S/C28H25N3O3/c1-21-30(19-23-5-10-26(33-2)11-6-23)25(9-4-22-14-16-29-17-15-22)18-28(32)31(21)20-24-7-12-27(34-3)13-8-24/h5-8,10-18H,1,19-20H2,2-3H3. The average molecular weight is 452 g/mol. The predicted molar refractivity (Wildman–Crippen MR) is 130 cm³/mol. The van der Waals surface area contributed by atoms with Crippen LogP contribution in [-0.4, -0.2) is 34.9 Å². The maximum absolute atomic E-state index is 13.1. The number of ether oxygens (including phenoxy) is 2. The van der Waals surface area contributed by atoms with Gasteiger partial charge in [0.15, 0.2) is 0 Å². The summed E-state index contributed by atoms with van der Waals surface area (Å²) in [7, 11) is 3.26. The van der Waals surface area contributed by atoms with Crippen LogP contribution in [0.25, 0.3) is 0 Å². The smallest absolute Gasteiger partial charge is 0.255 e. The van der Waals surface area contributed by atoms with E-state index in [4.69, 9.17) is 9.47 Å². The fraction of sp³-hybridized carbons (Fsp3) is 0.143. The summed E-state index contributed by atoms with van der Waals surface area (Å²) in [4.78, 5) is 20.7. The lowest BCUT2D eigenvalue weighted by atomic mass is 10.1. The van der Waals surface area contributed by atoms with Gasteiger partial charge in [-0.1, -0.05) is 36.8 Å². The molecule has 0 unspecified atom stereocenters. The highest BCUT2D eigenvalue weighted by molar-refractivity contribution is 5.91. The van der Waals surface area contributed by atoms with Gasteiger partial charge in [0.25, 0.3) is 5.91 Å². The molecule has 0 fully saturated rings. The average Bonchev–Trinajstić information content (AvgIpc) is 2.88. The van der Waals surface area contributed by atoms with Crippen molar-refractivity contribution in [3.63, 3.8) is 0 Å². The third kappa shape index (κ3) is 5.28. The van der Waals surface area contributed by atoms with Gasteiger partial charge in [0.1, 0.15) is 17.3 Å². The van der Waals surface area contributed by atoms with Crippen LogP contribution in [0.5, 0.6) is 11.5 Å². The maximum Gasteiger partial charge on any atom is 0.255 e. The van der Waals surface area contributed by atoms with E-state index in [1.165, 1.54) is 0 Å². The molecule has 34 heavy (non-hydrogen) atoms. The van der Waals surface area contributed by atoms with Crippen molar-refractivity contribution < 1.29 is 14.3 Å². The molecule has 0 saturated heterocycles. The Balaban J connectivity index is 1.64. The summed E-state index contributed by atoms with van der Waals surface area (Å²) in [6.07, 6.45) is 4.94. The van der Waals surface area contributed by atoms with Crippen LogP contribution < -0.4 is 9.47 Å². The zero-order valence-electron chi connectivity index (χ0n) is 19.2. The van der Waals surface area contributed by atoms with Crippen LogP contribution in [-0.2, 0) is 17.9 Å². The van der Waals surface area contributed by atoms with E-state index in [9.17, 15) is 4.79 Å². The van der Waals surface area contributed by atoms with E-state index >= 15 is 0 Å². The van der Waals surface area contributed by atoms with Crippen molar-refractivity contribution in [1.29, 1.82) is 0 Å². The number of rotatable bonds is 6. The Hall–Kier alpha value is -4.50. The summed E-state index contributed by atoms with van der Waals surface area (Å²) in [5.74, 6) is 8.23. The molecule has 0 spiro atoms. The lowest BCUT2D eigenvalue weighted by Gasteiger charge is -2.37. The molecule has 1 amide bonds. The van der Waals surface area contributed by atoms with Gasteiger partial charge in [-0.2, -0.15) is 0 Å². The van der Waals surface area contributed by atoms with Crippen molar-refractivity contribution in [3.05, 3.63) is 114 Å². The molecule has 0 saturated carbocycles. The van der Waals surface area contributed by atoms with Crippen LogP contribution in [0.1, 0.15) is 16.7 Å². The third-order valence-electron chi connectivity index (χ3n) is 5.45. The quantitative estimate of drug-likeness (QED) is 0.522. The molecule has 6 heteroatoms. The molecule has 0 aliphatic carbocycles. The van der Waals surface area contributed by atoms with Crippen molar-refractivity contribution in [2.24, 2.45) is 0 Å². The summed E-state index contributed by atoms with van der Waals surface area (Å²) < 4.78 is 10.5. The van der Waals surface area contributed by atoms with E-state index in [2.05, 4.69) is 23.4 Å². The number of benzene rings is 2.